The van der Waals surface area contributed by atoms with Gasteiger partial charge < -0.3 is 5.73 Å². The van der Waals surface area contributed by atoms with Gasteiger partial charge in [0.1, 0.15) is 5.69 Å². The maximum Gasteiger partial charge on any atom is 0.182 e. The highest BCUT2D eigenvalue weighted by Gasteiger charge is 2.18. The van der Waals surface area contributed by atoms with Crippen LogP contribution in [0.5, 0.6) is 0 Å². The molecule has 0 atom stereocenters. The molecule has 0 bridgehead atoms. The Morgan fingerprint density at radius 2 is 2.20 bits per heavy atom. The fourth-order valence-corrected chi connectivity index (χ4v) is 2.61. The van der Waals surface area contributed by atoms with Crippen LogP contribution in [0.2, 0.25) is 0 Å². The maximum atomic E-state index is 12.4. The van der Waals surface area contributed by atoms with Gasteiger partial charge in [0.15, 0.2) is 5.78 Å². The van der Waals surface area contributed by atoms with Crippen molar-refractivity contribution in [3.05, 3.63) is 46.2 Å². The molecule has 0 spiro atoms. The van der Waals surface area contributed by atoms with Crippen LogP contribution in [0.25, 0.3) is 0 Å². The van der Waals surface area contributed by atoms with Gasteiger partial charge in [-0.15, -0.1) is 0 Å². The average molecular weight is 336 g/mol. The molecule has 2 rings (SSSR count). The van der Waals surface area contributed by atoms with Gasteiger partial charge in [-0.3, -0.25) is 9.48 Å². The van der Waals surface area contributed by atoms with Gasteiger partial charge in [-0.2, -0.15) is 5.10 Å². The van der Waals surface area contributed by atoms with Crippen molar-refractivity contribution < 1.29 is 4.79 Å². The number of halogens is 1. The zero-order chi connectivity index (χ0) is 14.7. The Kier molecular flexibility index (Phi) is 4.60. The second-order valence-corrected chi connectivity index (χ2v) is 5.90. The summed E-state index contributed by atoms with van der Waals surface area (Å²) in [6.45, 7) is 4.02. The van der Waals surface area contributed by atoms with Crippen LogP contribution in [0.1, 0.15) is 42.4 Å². The van der Waals surface area contributed by atoms with E-state index in [-0.39, 0.29) is 11.8 Å². The summed E-state index contributed by atoms with van der Waals surface area (Å²) in [7, 11) is 0. The molecule has 0 aliphatic rings. The molecule has 1 aromatic carbocycles. The summed E-state index contributed by atoms with van der Waals surface area (Å²) in [6, 6.07) is 7.80. The molecule has 1 heterocycles. The van der Waals surface area contributed by atoms with Crippen molar-refractivity contribution in [3.63, 3.8) is 0 Å². The molecule has 2 aromatic rings. The van der Waals surface area contributed by atoms with E-state index in [0.717, 1.165) is 15.7 Å². The van der Waals surface area contributed by atoms with Crippen LogP contribution >= 0.6 is 15.9 Å². The molecular weight excluding hydrogens is 318 g/mol. The number of nitrogens with zero attached hydrogens (tertiary/aromatic N) is 2. The summed E-state index contributed by atoms with van der Waals surface area (Å²) in [5, 5.41) is 4.23. The Hall–Kier alpha value is -1.62. The van der Waals surface area contributed by atoms with Crippen molar-refractivity contribution in [2.24, 2.45) is 0 Å². The van der Waals surface area contributed by atoms with Crippen molar-refractivity contribution in [1.29, 1.82) is 0 Å². The standard InChI is InChI=1S/C15H18BrN3O/c1-10(2)19-15(13(16)9-18-19)14(20)7-6-11-4-3-5-12(17)8-11/h3-5,8-10H,6-7,17H2,1-2H3. The number of hydrogen-bond acceptors (Lipinski definition) is 3. The van der Waals surface area contributed by atoms with Crippen molar-refractivity contribution >= 4 is 27.4 Å². The number of anilines is 1. The number of nitrogens with two attached hydrogens (primary N) is 1. The average Bonchev–Trinajstić information content (AvgIpc) is 2.78. The number of Topliss-reactive ketones (excluding diaryl/α,β-unsaturated/α-hetero) is 1. The summed E-state index contributed by atoms with van der Waals surface area (Å²) in [4.78, 5) is 12.4. The van der Waals surface area contributed by atoms with Crippen molar-refractivity contribution in [3.8, 4) is 0 Å². The molecule has 0 aliphatic heterocycles. The number of ketones is 1. The van der Waals surface area contributed by atoms with Crippen molar-refractivity contribution in [2.75, 3.05) is 5.73 Å². The van der Waals surface area contributed by atoms with E-state index in [1.165, 1.54) is 0 Å². The summed E-state index contributed by atoms with van der Waals surface area (Å²) in [5.74, 6) is 0.0884. The van der Waals surface area contributed by atoms with Crippen LogP contribution in [-0.2, 0) is 6.42 Å². The number of carbonyl (C=O) groups excluding carboxylic acids is 1. The normalized spacial score (nSPS) is 11.0. The van der Waals surface area contributed by atoms with E-state index in [4.69, 9.17) is 5.73 Å². The molecule has 0 amide bonds. The van der Waals surface area contributed by atoms with Crippen LogP contribution in [0.15, 0.2) is 34.9 Å². The first kappa shape index (κ1) is 14.8. The van der Waals surface area contributed by atoms with E-state index in [1.807, 2.05) is 38.1 Å². The van der Waals surface area contributed by atoms with Gasteiger partial charge in [0, 0.05) is 18.2 Å². The highest BCUT2D eigenvalue weighted by atomic mass is 79.9. The SMILES string of the molecule is CC(C)n1ncc(Br)c1C(=O)CCc1cccc(N)c1. The molecule has 0 saturated carbocycles. The molecule has 0 fully saturated rings. The van der Waals surface area contributed by atoms with Gasteiger partial charge in [-0.05, 0) is 53.9 Å². The summed E-state index contributed by atoms with van der Waals surface area (Å²) in [6.07, 6.45) is 2.80. The van der Waals surface area contributed by atoms with Crippen LogP contribution in [0, 0.1) is 0 Å². The third kappa shape index (κ3) is 3.28. The Balaban J connectivity index is 2.11. The molecule has 0 unspecified atom stereocenters. The molecule has 5 heteroatoms. The highest BCUT2D eigenvalue weighted by molar-refractivity contribution is 9.10. The second-order valence-electron chi connectivity index (χ2n) is 5.05. The van der Waals surface area contributed by atoms with Gasteiger partial charge >= 0.3 is 0 Å². The highest BCUT2D eigenvalue weighted by Crippen LogP contribution is 2.22. The fraction of sp³-hybridized carbons (Fsp3) is 0.333. The number of aryl methyl sites for hydroxylation is 1. The van der Waals surface area contributed by atoms with Crippen molar-refractivity contribution in [1.82, 2.24) is 9.78 Å². The quantitative estimate of drug-likeness (QED) is 0.670. The molecule has 0 saturated heterocycles. The monoisotopic (exact) mass is 335 g/mol. The lowest BCUT2D eigenvalue weighted by Gasteiger charge is -2.10. The zero-order valence-electron chi connectivity index (χ0n) is 11.6. The second kappa shape index (κ2) is 6.22. The molecular formula is C15H18BrN3O. The summed E-state index contributed by atoms with van der Waals surface area (Å²) < 4.78 is 2.51. The minimum absolute atomic E-state index is 0.0884. The lowest BCUT2D eigenvalue weighted by molar-refractivity contribution is 0.0969. The van der Waals surface area contributed by atoms with E-state index < -0.39 is 0 Å². The topological polar surface area (TPSA) is 60.9 Å². The van der Waals surface area contributed by atoms with E-state index in [0.29, 0.717) is 18.5 Å². The first-order valence-corrected chi connectivity index (χ1v) is 7.39. The number of nitrogen functional groups attached to an aromatic ring is 1. The van der Waals surface area contributed by atoms with Crippen LogP contribution in [0.3, 0.4) is 0 Å². The van der Waals surface area contributed by atoms with Gasteiger partial charge in [-0.25, -0.2) is 0 Å². The third-order valence-corrected chi connectivity index (χ3v) is 3.68. The lowest BCUT2D eigenvalue weighted by atomic mass is 10.1. The predicted molar refractivity (Wildman–Crippen MR) is 83.8 cm³/mol. The minimum Gasteiger partial charge on any atom is -0.399 e. The van der Waals surface area contributed by atoms with Gasteiger partial charge in [0.25, 0.3) is 0 Å². The number of aromatic nitrogens is 2. The maximum absolute atomic E-state index is 12.4. The van der Waals surface area contributed by atoms with E-state index in [2.05, 4.69) is 21.0 Å². The first-order chi connectivity index (χ1) is 9.49. The van der Waals surface area contributed by atoms with Gasteiger partial charge in [0.05, 0.1) is 10.7 Å². The van der Waals surface area contributed by atoms with Crippen molar-refractivity contribution in [2.45, 2.75) is 32.7 Å². The molecule has 106 valence electrons. The first-order valence-electron chi connectivity index (χ1n) is 6.59. The Morgan fingerprint density at radius 3 is 2.85 bits per heavy atom. The molecule has 20 heavy (non-hydrogen) atoms. The Bertz CT molecular complexity index is 619. The largest absolute Gasteiger partial charge is 0.399 e. The lowest BCUT2D eigenvalue weighted by Crippen LogP contribution is -2.13. The number of benzene rings is 1. The number of rotatable bonds is 5. The van der Waals surface area contributed by atoms with Crippen LogP contribution in [-0.4, -0.2) is 15.6 Å². The smallest absolute Gasteiger partial charge is 0.182 e. The van der Waals surface area contributed by atoms with Gasteiger partial charge in [0.2, 0.25) is 0 Å². The molecule has 4 nitrogen and oxygen atoms in total. The van der Waals surface area contributed by atoms with Crippen LogP contribution < -0.4 is 5.73 Å². The zero-order valence-corrected chi connectivity index (χ0v) is 13.2. The van der Waals surface area contributed by atoms with E-state index in [9.17, 15) is 4.79 Å². The number of hydrogen-bond donors (Lipinski definition) is 1. The number of carbonyl (C=O) groups is 1. The molecule has 1 aromatic heterocycles. The van der Waals surface area contributed by atoms with Crippen LogP contribution in [0.4, 0.5) is 5.69 Å². The Labute approximate surface area is 127 Å². The van der Waals surface area contributed by atoms with E-state index in [1.54, 1.807) is 10.9 Å². The third-order valence-electron chi connectivity index (χ3n) is 3.10. The predicted octanol–water partition coefficient (Wildman–Crippen LogP) is 3.62. The molecule has 2 N–H and O–H groups in total. The fourth-order valence-electron chi connectivity index (χ4n) is 2.12. The minimum atomic E-state index is 0.0884. The summed E-state index contributed by atoms with van der Waals surface area (Å²) >= 11 is 3.40. The summed E-state index contributed by atoms with van der Waals surface area (Å²) in [5.41, 5.74) is 8.18. The van der Waals surface area contributed by atoms with E-state index >= 15 is 0 Å². The Morgan fingerprint density at radius 1 is 1.45 bits per heavy atom. The molecule has 0 radical (unpaired) electrons. The van der Waals surface area contributed by atoms with Gasteiger partial charge in [-0.1, -0.05) is 12.1 Å². The molecule has 0 aliphatic carbocycles.